The van der Waals surface area contributed by atoms with Gasteiger partial charge in [0.2, 0.25) is 0 Å². The van der Waals surface area contributed by atoms with Crippen molar-refractivity contribution in [2.75, 3.05) is 0 Å². The van der Waals surface area contributed by atoms with E-state index in [0.29, 0.717) is 0 Å². The summed E-state index contributed by atoms with van der Waals surface area (Å²) in [5.41, 5.74) is 2.18. The Balaban J connectivity index is 2.93. The highest BCUT2D eigenvalue weighted by Gasteiger charge is 2.00. The maximum Gasteiger partial charge on any atom is 0.0464 e. The molecule has 1 aromatic carbocycles. The quantitative estimate of drug-likeness (QED) is 0.616. The van der Waals surface area contributed by atoms with Gasteiger partial charge in [-0.05, 0) is 24.6 Å². The molecular formula is C9H7ClN. The first-order valence-electron chi connectivity index (χ1n) is 3.43. The van der Waals surface area contributed by atoms with Crippen LogP contribution in [0.5, 0.6) is 0 Å². The van der Waals surface area contributed by atoms with Crippen molar-refractivity contribution in [1.29, 1.82) is 0 Å². The number of nitrogens with one attached hydrogen (secondary N) is 1. The van der Waals surface area contributed by atoms with Crippen molar-refractivity contribution in [2.45, 2.75) is 6.92 Å². The topological polar surface area (TPSA) is 15.8 Å². The normalized spacial score (nSPS) is 10.7. The molecule has 1 nitrogen and oxygen atoms in total. The number of hydrogen-bond donors (Lipinski definition) is 1. The SMILES string of the molecule is Cc1c(Cl)ccc2[nH]c[c]c12. The Kier molecular flexibility index (Phi) is 1.40. The summed E-state index contributed by atoms with van der Waals surface area (Å²) in [4.78, 5) is 3.07. The summed E-state index contributed by atoms with van der Waals surface area (Å²) in [5.74, 6) is 0. The van der Waals surface area contributed by atoms with Crippen molar-refractivity contribution in [1.82, 2.24) is 4.98 Å². The van der Waals surface area contributed by atoms with Gasteiger partial charge in [-0.25, -0.2) is 0 Å². The molecule has 0 aliphatic carbocycles. The number of benzene rings is 1. The molecule has 0 amide bonds. The lowest BCUT2D eigenvalue weighted by molar-refractivity contribution is 1.47. The van der Waals surface area contributed by atoms with Gasteiger partial charge in [-0.15, -0.1) is 0 Å². The Morgan fingerprint density at radius 2 is 2.27 bits per heavy atom. The third-order valence-corrected chi connectivity index (χ3v) is 2.25. The van der Waals surface area contributed by atoms with E-state index in [1.807, 2.05) is 19.1 Å². The molecular weight excluding hydrogens is 158 g/mol. The van der Waals surface area contributed by atoms with Crippen molar-refractivity contribution < 1.29 is 0 Å². The van der Waals surface area contributed by atoms with Gasteiger partial charge in [0.25, 0.3) is 0 Å². The summed E-state index contributed by atoms with van der Waals surface area (Å²) >= 11 is 5.91. The molecule has 0 atom stereocenters. The summed E-state index contributed by atoms with van der Waals surface area (Å²) in [7, 11) is 0. The van der Waals surface area contributed by atoms with E-state index in [1.54, 1.807) is 6.20 Å². The molecule has 1 N–H and O–H groups in total. The zero-order valence-corrected chi connectivity index (χ0v) is 6.87. The Hall–Kier alpha value is -0.950. The van der Waals surface area contributed by atoms with Gasteiger partial charge in [0.1, 0.15) is 0 Å². The minimum atomic E-state index is 0.799. The highest BCUT2D eigenvalue weighted by Crippen LogP contribution is 2.23. The van der Waals surface area contributed by atoms with Crippen LogP contribution in [0.25, 0.3) is 10.9 Å². The third-order valence-electron chi connectivity index (χ3n) is 1.84. The fourth-order valence-corrected chi connectivity index (χ4v) is 1.34. The molecule has 0 bridgehead atoms. The summed E-state index contributed by atoms with van der Waals surface area (Å²) in [6.45, 7) is 2.00. The molecule has 0 spiro atoms. The molecule has 0 aliphatic rings. The molecule has 1 aromatic heterocycles. The minimum absolute atomic E-state index is 0.799. The second-order valence-corrected chi connectivity index (χ2v) is 2.94. The predicted molar refractivity (Wildman–Crippen MR) is 46.9 cm³/mol. The van der Waals surface area contributed by atoms with Crippen molar-refractivity contribution in [3.05, 3.63) is 35.0 Å². The summed E-state index contributed by atoms with van der Waals surface area (Å²) in [6.07, 6.45) is 1.80. The lowest BCUT2D eigenvalue weighted by atomic mass is 10.1. The minimum Gasteiger partial charge on any atom is -0.361 e. The Morgan fingerprint density at radius 1 is 1.45 bits per heavy atom. The average Bonchev–Trinajstić information content (AvgIpc) is 2.45. The molecule has 0 saturated carbocycles. The fourth-order valence-electron chi connectivity index (χ4n) is 1.18. The van der Waals surface area contributed by atoms with Crippen LogP contribution in [0.1, 0.15) is 5.56 Å². The van der Waals surface area contributed by atoms with E-state index < -0.39 is 0 Å². The molecule has 2 rings (SSSR count). The van der Waals surface area contributed by atoms with Crippen LogP contribution in [0.15, 0.2) is 18.3 Å². The number of fused-ring (bicyclic) bond motifs is 1. The third kappa shape index (κ3) is 0.925. The van der Waals surface area contributed by atoms with Crippen molar-refractivity contribution >= 4 is 22.5 Å². The number of halogens is 1. The second kappa shape index (κ2) is 2.28. The number of hydrogen-bond acceptors (Lipinski definition) is 0. The lowest BCUT2D eigenvalue weighted by Gasteiger charge is -1.97. The molecule has 55 valence electrons. The van der Waals surface area contributed by atoms with Gasteiger partial charge in [-0.1, -0.05) is 11.6 Å². The van der Waals surface area contributed by atoms with Crippen LogP contribution in [0.4, 0.5) is 0 Å². The number of aromatic nitrogens is 1. The van der Waals surface area contributed by atoms with Crippen LogP contribution in [-0.2, 0) is 0 Å². The zero-order chi connectivity index (χ0) is 7.84. The maximum atomic E-state index is 5.91. The maximum absolute atomic E-state index is 5.91. The smallest absolute Gasteiger partial charge is 0.0464 e. The lowest BCUT2D eigenvalue weighted by Crippen LogP contribution is -1.75. The highest BCUT2D eigenvalue weighted by atomic mass is 35.5. The van der Waals surface area contributed by atoms with Gasteiger partial charge in [0, 0.05) is 28.2 Å². The summed E-state index contributed by atoms with van der Waals surface area (Å²) < 4.78 is 0. The average molecular weight is 165 g/mol. The molecule has 0 aliphatic heterocycles. The number of H-pyrrole nitrogens is 1. The van der Waals surface area contributed by atoms with Gasteiger partial charge in [0.15, 0.2) is 0 Å². The first-order chi connectivity index (χ1) is 5.29. The molecule has 0 saturated heterocycles. The van der Waals surface area contributed by atoms with Crippen LogP contribution in [0.3, 0.4) is 0 Å². The Morgan fingerprint density at radius 3 is 3.09 bits per heavy atom. The van der Waals surface area contributed by atoms with Gasteiger partial charge < -0.3 is 4.98 Å². The van der Waals surface area contributed by atoms with Crippen molar-refractivity contribution in [3.63, 3.8) is 0 Å². The number of aromatic amines is 1. The molecule has 11 heavy (non-hydrogen) atoms. The van der Waals surface area contributed by atoms with Crippen molar-refractivity contribution in [2.24, 2.45) is 0 Å². The van der Waals surface area contributed by atoms with E-state index in [2.05, 4.69) is 11.1 Å². The van der Waals surface area contributed by atoms with Gasteiger partial charge >= 0.3 is 0 Å². The molecule has 0 fully saturated rings. The Labute approximate surface area is 70.0 Å². The molecule has 1 heterocycles. The van der Waals surface area contributed by atoms with E-state index in [9.17, 15) is 0 Å². The van der Waals surface area contributed by atoms with Crippen molar-refractivity contribution in [3.8, 4) is 0 Å². The summed E-state index contributed by atoms with van der Waals surface area (Å²) in [5, 5.41) is 1.88. The van der Waals surface area contributed by atoms with Crippen LogP contribution < -0.4 is 0 Å². The highest BCUT2D eigenvalue weighted by molar-refractivity contribution is 6.32. The van der Waals surface area contributed by atoms with Gasteiger partial charge in [-0.3, -0.25) is 0 Å². The van der Waals surface area contributed by atoms with Crippen LogP contribution in [0.2, 0.25) is 5.02 Å². The standard InChI is InChI=1S/C9H7ClN/c1-6-7-4-5-11-9(7)3-2-8(6)10/h2-3,5,11H,1H3. The first kappa shape index (κ1) is 6.74. The van der Waals surface area contributed by atoms with Crippen LogP contribution >= 0.6 is 11.6 Å². The number of aryl methyl sites for hydroxylation is 1. The van der Waals surface area contributed by atoms with E-state index >= 15 is 0 Å². The van der Waals surface area contributed by atoms with E-state index in [4.69, 9.17) is 11.6 Å². The van der Waals surface area contributed by atoms with Crippen LogP contribution in [0, 0.1) is 13.0 Å². The largest absolute Gasteiger partial charge is 0.361 e. The van der Waals surface area contributed by atoms with E-state index in [-0.39, 0.29) is 0 Å². The first-order valence-corrected chi connectivity index (χ1v) is 3.80. The predicted octanol–water partition coefficient (Wildman–Crippen LogP) is 2.93. The molecule has 0 unspecified atom stereocenters. The molecule has 2 aromatic rings. The van der Waals surface area contributed by atoms with Gasteiger partial charge in [0.05, 0.1) is 0 Å². The zero-order valence-electron chi connectivity index (χ0n) is 6.11. The Bertz CT molecular complexity index is 389. The number of rotatable bonds is 0. The van der Waals surface area contributed by atoms with E-state index in [0.717, 1.165) is 21.5 Å². The van der Waals surface area contributed by atoms with Gasteiger partial charge in [-0.2, -0.15) is 0 Å². The summed E-state index contributed by atoms with van der Waals surface area (Å²) in [6, 6.07) is 6.94. The van der Waals surface area contributed by atoms with E-state index in [1.165, 1.54) is 0 Å². The van der Waals surface area contributed by atoms with Crippen LogP contribution in [-0.4, -0.2) is 4.98 Å². The fraction of sp³-hybridized carbons (Fsp3) is 0.111. The monoisotopic (exact) mass is 164 g/mol. The second-order valence-electron chi connectivity index (χ2n) is 2.53. The molecule has 1 radical (unpaired) electrons. The molecule has 2 heteroatoms.